The normalized spacial score (nSPS) is 18.0. The van der Waals surface area contributed by atoms with E-state index in [0.29, 0.717) is 12.4 Å². The summed E-state index contributed by atoms with van der Waals surface area (Å²) in [6.07, 6.45) is 0. The average molecular weight is 225 g/mol. The van der Waals surface area contributed by atoms with Gasteiger partial charge in [-0.25, -0.2) is 4.39 Å². The first-order valence-corrected chi connectivity index (χ1v) is 5.54. The van der Waals surface area contributed by atoms with E-state index < -0.39 is 6.67 Å². The standard InChI is InChI=1S/C12H16FNO2/c1-2-14-11-8-16-12-7-9(15-6-5-13)3-4-10(11)12/h3-4,7,11,14H,2,5-6,8H2,1H3. The number of hydrogen-bond acceptors (Lipinski definition) is 3. The molecule has 3 nitrogen and oxygen atoms in total. The lowest BCUT2D eigenvalue weighted by molar-refractivity contribution is 0.271. The number of fused-ring (bicyclic) bond motifs is 1. The molecule has 1 aliphatic heterocycles. The summed E-state index contributed by atoms with van der Waals surface area (Å²) >= 11 is 0. The molecule has 0 radical (unpaired) electrons. The zero-order valence-corrected chi connectivity index (χ0v) is 9.33. The fourth-order valence-corrected chi connectivity index (χ4v) is 1.85. The summed E-state index contributed by atoms with van der Waals surface area (Å²) < 4.78 is 22.7. The van der Waals surface area contributed by atoms with Crippen LogP contribution in [-0.4, -0.2) is 26.4 Å². The van der Waals surface area contributed by atoms with Crippen molar-refractivity contribution in [1.29, 1.82) is 0 Å². The molecule has 0 saturated carbocycles. The Morgan fingerprint density at radius 1 is 1.56 bits per heavy atom. The Morgan fingerprint density at radius 2 is 2.44 bits per heavy atom. The van der Waals surface area contributed by atoms with Gasteiger partial charge in [-0.1, -0.05) is 6.92 Å². The molecule has 1 atom stereocenters. The van der Waals surface area contributed by atoms with Crippen LogP contribution in [0.1, 0.15) is 18.5 Å². The second-order valence-electron chi connectivity index (χ2n) is 3.66. The van der Waals surface area contributed by atoms with Gasteiger partial charge in [0.15, 0.2) is 0 Å². The number of halogens is 1. The summed E-state index contributed by atoms with van der Waals surface area (Å²) in [4.78, 5) is 0. The molecular weight excluding hydrogens is 209 g/mol. The van der Waals surface area contributed by atoms with Crippen LogP contribution in [0.2, 0.25) is 0 Å². The Balaban J connectivity index is 2.09. The molecule has 0 saturated heterocycles. The van der Waals surface area contributed by atoms with E-state index in [4.69, 9.17) is 9.47 Å². The van der Waals surface area contributed by atoms with Gasteiger partial charge in [-0.15, -0.1) is 0 Å². The Hall–Kier alpha value is -1.29. The molecule has 1 aromatic carbocycles. The maximum atomic E-state index is 11.9. The van der Waals surface area contributed by atoms with Crippen LogP contribution in [0, 0.1) is 0 Å². The fourth-order valence-electron chi connectivity index (χ4n) is 1.85. The molecule has 0 fully saturated rings. The molecule has 0 aliphatic carbocycles. The number of alkyl halides is 1. The SMILES string of the molecule is CCNC1COc2cc(OCCF)ccc21. The van der Waals surface area contributed by atoms with E-state index in [0.717, 1.165) is 17.9 Å². The van der Waals surface area contributed by atoms with Gasteiger partial charge in [0.05, 0.1) is 6.04 Å². The zero-order valence-electron chi connectivity index (χ0n) is 9.33. The Morgan fingerprint density at radius 3 is 3.19 bits per heavy atom. The largest absolute Gasteiger partial charge is 0.491 e. The number of likely N-dealkylation sites (N-methyl/N-ethyl adjacent to an activating group) is 1. The summed E-state index contributed by atoms with van der Waals surface area (Å²) in [5.74, 6) is 1.50. The number of benzene rings is 1. The van der Waals surface area contributed by atoms with Crippen LogP contribution in [0.4, 0.5) is 4.39 Å². The van der Waals surface area contributed by atoms with E-state index in [1.165, 1.54) is 0 Å². The van der Waals surface area contributed by atoms with E-state index in [9.17, 15) is 4.39 Å². The second kappa shape index (κ2) is 5.16. The van der Waals surface area contributed by atoms with E-state index in [1.54, 1.807) is 0 Å². The van der Waals surface area contributed by atoms with Crippen molar-refractivity contribution < 1.29 is 13.9 Å². The third kappa shape index (κ3) is 2.27. The van der Waals surface area contributed by atoms with Gasteiger partial charge < -0.3 is 14.8 Å². The van der Waals surface area contributed by atoms with Crippen molar-refractivity contribution in [2.45, 2.75) is 13.0 Å². The highest BCUT2D eigenvalue weighted by molar-refractivity contribution is 5.45. The lowest BCUT2D eigenvalue weighted by Crippen LogP contribution is -2.21. The van der Waals surface area contributed by atoms with Crippen molar-refractivity contribution in [1.82, 2.24) is 5.32 Å². The Kier molecular flexibility index (Phi) is 3.62. The zero-order chi connectivity index (χ0) is 11.4. The lowest BCUT2D eigenvalue weighted by atomic mass is 10.1. The van der Waals surface area contributed by atoms with Crippen molar-refractivity contribution in [2.75, 3.05) is 26.4 Å². The summed E-state index contributed by atoms with van der Waals surface area (Å²) in [5, 5.41) is 3.34. The van der Waals surface area contributed by atoms with E-state index in [2.05, 4.69) is 12.2 Å². The first-order valence-electron chi connectivity index (χ1n) is 5.54. The molecule has 0 spiro atoms. The topological polar surface area (TPSA) is 30.5 Å². The van der Waals surface area contributed by atoms with Crippen LogP contribution in [0.3, 0.4) is 0 Å². The van der Waals surface area contributed by atoms with Crippen LogP contribution >= 0.6 is 0 Å². The second-order valence-corrected chi connectivity index (χ2v) is 3.66. The monoisotopic (exact) mass is 225 g/mol. The highest BCUT2D eigenvalue weighted by Crippen LogP contribution is 2.35. The molecule has 0 bridgehead atoms. The summed E-state index contributed by atoms with van der Waals surface area (Å²) in [5.41, 5.74) is 1.15. The van der Waals surface area contributed by atoms with Crippen molar-refractivity contribution in [3.63, 3.8) is 0 Å². The Labute approximate surface area is 94.6 Å². The smallest absolute Gasteiger partial charge is 0.127 e. The van der Waals surface area contributed by atoms with Gasteiger partial charge in [-0.2, -0.15) is 0 Å². The van der Waals surface area contributed by atoms with E-state index in [-0.39, 0.29) is 12.6 Å². The molecule has 0 aromatic heterocycles. The summed E-state index contributed by atoms with van der Waals surface area (Å²) in [6, 6.07) is 5.91. The molecular formula is C12H16FNO2. The van der Waals surface area contributed by atoms with Gasteiger partial charge in [0.1, 0.15) is 31.4 Å². The van der Waals surface area contributed by atoms with Crippen molar-refractivity contribution in [2.24, 2.45) is 0 Å². The molecule has 1 N–H and O–H groups in total. The quantitative estimate of drug-likeness (QED) is 0.832. The van der Waals surface area contributed by atoms with Gasteiger partial charge in [0.25, 0.3) is 0 Å². The fraction of sp³-hybridized carbons (Fsp3) is 0.500. The van der Waals surface area contributed by atoms with Gasteiger partial charge in [0.2, 0.25) is 0 Å². The summed E-state index contributed by atoms with van der Waals surface area (Å²) in [6.45, 7) is 3.24. The molecule has 1 heterocycles. The number of nitrogens with one attached hydrogen (secondary N) is 1. The molecule has 88 valence electrons. The van der Waals surface area contributed by atoms with Gasteiger partial charge in [0, 0.05) is 11.6 Å². The van der Waals surface area contributed by atoms with Crippen LogP contribution in [0.25, 0.3) is 0 Å². The molecule has 0 amide bonds. The van der Waals surface area contributed by atoms with Crippen LogP contribution in [0.5, 0.6) is 11.5 Å². The molecule has 4 heteroatoms. The maximum Gasteiger partial charge on any atom is 0.127 e. The maximum absolute atomic E-state index is 11.9. The molecule has 1 unspecified atom stereocenters. The predicted molar refractivity (Wildman–Crippen MR) is 59.8 cm³/mol. The third-order valence-corrected chi connectivity index (χ3v) is 2.56. The highest BCUT2D eigenvalue weighted by atomic mass is 19.1. The van der Waals surface area contributed by atoms with Crippen LogP contribution < -0.4 is 14.8 Å². The molecule has 1 aliphatic rings. The van der Waals surface area contributed by atoms with Crippen molar-refractivity contribution in [3.05, 3.63) is 23.8 Å². The minimum absolute atomic E-state index is 0.0927. The third-order valence-electron chi connectivity index (χ3n) is 2.56. The molecule has 16 heavy (non-hydrogen) atoms. The number of hydrogen-bond donors (Lipinski definition) is 1. The molecule has 1 aromatic rings. The number of rotatable bonds is 5. The minimum atomic E-state index is -0.474. The first kappa shape index (κ1) is 11.2. The van der Waals surface area contributed by atoms with Gasteiger partial charge in [-0.05, 0) is 18.7 Å². The lowest BCUT2D eigenvalue weighted by Gasteiger charge is -2.09. The van der Waals surface area contributed by atoms with E-state index >= 15 is 0 Å². The Bertz CT molecular complexity index is 357. The van der Waals surface area contributed by atoms with Crippen molar-refractivity contribution >= 4 is 0 Å². The van der Waals surface area contributed by atoms with Crippen LogP contribution in [-0.2, 0) is 0 Å². The van der Waals surface area contributed by atoms with Crippen molar-refractivity contribution in [3.8, 4) is 11.5 Å². The van der Waals surface area contributed by atoms with Gasteiger partial charge in [-0.3, -0.25) is 0 Å². The highest BCUT2D eigenvalue weighted by Gasteiger charge is 2.23. The first-order chi connectivity index (χ1) is 7.85. The van der Waals surface area contributed by atoms with Crippen LogP contribution in [0.15, 0.2) is 18.2 Å². The predicted octanol–water partition coefficient (Wildman–Crippen LogP) is 2.08. The average Bonchev–Trinajstić information content (AvgIpc) is 2.70. The molecule has 2 rings (SSSR count). The number of ether oxygens (including phenoxy) is 2. The van der Waals surface area contributed by atoms with Gasteiger partial charge >= 0.3 is 0 Å². The minimum Gasteiger partial charge on any atom is -0.491 e. The van der Waals surface area contributed by atoms with E-state index in [1.807, 2.05) is 18.2 Å². The summed E-state index contributed by atoms with van der Waals surface area (Å²) in [7, 11) is 0.